The first-order chi connectivity index (χ1) is 15.2. The number of furan rings is 1. The van der Waals surface area contributed by atoms with E-state index in [2.05, 4.69) is 19.8 Å². The number of ether oxygens (including phenoxy) is 1. The van der Waals surface area contributed by atoms with E-state index in [1.165, 1.54) is 25.9 Å². The maximum atomic E-state index is 8.36. The molecule has 31 heavy (non-hydrogen) atoms. The van der Waals surface area contributed by atoms with Gasteiger partial charge in [0.25, 0.3) is 12.9 Å². The van der Waals surface area contributed by atoms with Gasteiger partial charge in [-0.15, -0.1) is 0 Å². The maximum absolute atomic E-state index is 8.36. The Morgan fingerprint density at radius 1 is 1.03 bits per heavy atom. The summed E-state index contributed by atoms with van der Waals surface area (Å²) >= 11 is 0. The molecule has 0 aliphatic carbocycles. The van der Waals surface area contributed by atoms with Gasteiger partial charge in [-0.05, 0) is 44.5 Å². The molecule has 170 valence electrons. The second-order valence-corrected chi connectivity index (χ2v) is 7.19. The molecular weight excluding hydrogens is 404 g/mol. The number of hydrogen-bond acceptors (Lipinski definition) is 8. The fourth-order valence-corrected chi connectivity index (χ4v) is 3.71. The van der Waals surface area contributed by atoms with Gasteiger partial charge < -0.3 is 24.3 Å². The molecule has 10 heteroatoms. The van der Waals surface area contributed by atoms with Gasteiger partial charge in [0.05, 0.1) is 12.4 Å². The van der Waals surface area contributed by atoms with Gasteiger partial charge >= 0.3 is 0 Å². The summed E-state index contributed by atoms with van der Waals surface area (Å²) in [5.74, 6) is 1.35. The summed E-state index contributed by atoms with van der Waals surface area (Å²) in [6.45, 7) is 6.79. The Hall–Kier alpha value is -2.82. The normalized spacial score (nSPS) is 19.3. The molecule has 10 nitrogen and oxygen atoms in total. The number of carbonyl (C=O) groups is 2. The van der Waals surface area contributed by atoms with E-state index >= 15 is 0 Å². The Morgan fingerprint density at radius 3 is 2.29 bits per heavy atom. The number of hydrogen-bond donors (Lipinski definition) is 2. The lowest BCUT2D eigenvalue weighted by atomic mass is 10.2. The lowest BCUT2D eigenvalue weighted by Crippen LogP contribution is -2.39. The van der Waals surface area contributed by atoms with Crippen molar-refractivity contribution >= 4 is 12.9 Å². The molecular formula is C21H30N4O6. The van der Waals surface area contributed by atoms with E-state index in [0.29, 0.717) is 17.7 Å². The van der Waals surface area contributed by atoms with Gasteiger partial charge in [0, 0.05) is 50.7 Å². The molecule has 2 fully saturated rings. The Kier molecular flexibility index (Phi) is 11.2. The molecule has 2 aliphatic heterocycles. The van der Waals surface area contributed by atoms with E-state index in [1.54, 1.807) is 6.26 Å². The van der Waals surface area contributed by atoms with Crippen molar-refractivity contribution in [3.63, 3.8) is 0 Å². The SMILES string of the molecule is O=CO.O=CO.c1coc(-c2ncc(CN3CCCOC(CN4CCCC4)C3)cn2)c1. The highest BCUT2D eigenvalue weighted by Crippen LogP contribution is 2.17. The highest BCUT2D eigenvalue weighted by atomic mass is 16.5. The highest BCUT2D eigenvalue weighted by molar-refractivity contribution is 5.45. The van der Waals surface area contributed by atoms with Crippen molar-refractivity contribution in [2.24, 2.45) is 0 Å². The number of aromatic nitrogens is 2. The molecule has 0 radical (unpaired) electrons. The first kappa shape index (κ1) is 24.4. The summed E-state index contributed by atoms with van der Waals surface area (Å²) in [7, 11) is 0. The van der Waals surface area contributed by atoms with E-state index in [-0.39, 0.29) is 12.9 Å². The summed E-state index contributed by atoms with van der Waals surface area (Å²) in [5.41, 5.74) is 1.14. The lowest BCUT2D eigenvalue weighted by molar-refractivity contribution is -0.123. The molecule has 4 rings (SSSR count). The zero-order chi connectivity index (χ0) is 22.3. The van der Waals surface area contributed by atoms with E-state index < -0.39 is 0 Å². The third-order valence-electron chi connectivity index (χ3n) is 4.95. The number of carboxylic acid groups (broad SMARTS) is 2. The first-order valence-electron chi connectivity index (χ1n) is 10.3. The third-order valence-corrected chi connectivity index (χ3v) is 4.95. The van der Waals surface area contributed by atoms with Gasteiger partial charge in [-0.3, -0.25) is 14.5 Å². The Balaban J connectivity index is 0.000000513. The molecule has 2 aromatic rings. The van der Waals surface area contributed by atoms with Gasteiger partial charge in [-0.1, -0.05) is 0 Å². The molecule has 4 heterocycles. The minimum atomic E-state index is -0.250. The Morgan fingerprint density at radius 2 is 1.68 bits per heavy atom. The van der Waals surface area contributed by atoms with E-state index in [1.807, 2.05) is 24.5 Å². The van der Waals surface area contributed by atoms with Crippen LogP contribution in [0.2, 0.25) is 0 Å². The average Bonchev–Trinajstić information content (AvgIpc) is 3.43. The minimum absolute atomic E-state index is 0.250. The van der Waals surface area contributed by atoms with Gasteiger partial charge in [-0.2, -0.15) is 0 Å². The van der Waals surface area contributed by atoms with Crippen LogP contribution in [0, 0.1) is 0 Å². The van der Waals surface area contributed by atoms with E-state index in [0.717, 1.165) is 44.8 Å². The first-order valence-corrected chi connectivity index (χ1v) is 10.3. The van der Waals surface area contributed by atoms with E-state index in [9.17, 15) is 0 Å². The van der Waals surface area contributed by atoms with Gasteiger partial charge in [0.1, 0.15) is 0 Å². The molecule has 2 N–H and O–H groups in total. The van der Waals surface area contributed by atoms with Crippen molar-refractivity contribution in [2.45, 2.75) is 31.9 Å². The highest BCUT2D eigenvalue weighted by Gasteiger charge is 2.23. The van der Waals surface area contributed by atoms with Crippen molar-refractivity contribution in [3.05, 3.63) is 36.4 Å². The summed E-state index contributed by atoms with van der Waals surface area (Å²) in [4.78, 5) is 30.6. The predicted octanol–water partition coefficient (Wildman–Crippen LogP) is 1.82. The van der Waals surface area contributed by atoms with Crippen molar-refractivity contribution in [1.82, 2.24) is 19.8 Å². The number of likely N-dealkylation sites (tertiary alicyclic amines) is 1. The molecule has 0 spiro atoms. The second kappa shape index (κ2) is 14.2. The fraction of sp³-hybridized carbons (Fsp3) is 0.524. The minimum Gasteiger partial charge on any atom is -0.483 e. The van der Waals surface area contributed by atoms with Crippen LogP contribution in [-0.4, -0.2) is 88.4 Å². The third kappa shape index (κ3) is 8.83. The molecule has 0 saturated carbocycles. The molecule has 1 unspecified atom stereocenters. The van der Waals surface area contributed by atoms with Gasteiger partial charge in [-0.25, -0.2) is 9.97 Å². The maximum Gasteiger partial charge on any atom is 0.290 e. The summed E-state index contributed by atoms with van der Waals surface area (Å²) in [6.07, 6.45) is 9.51. The Labute approximate surface area is 181 Å². The average molecular weight is 434 g/mol. The summed E-state index contributed by atoms with van der Waals surface area (Å²) in [5, 5.41) is 13.8. The number of nitrogens with zero attached hydrogens (tertiary/aromatic N) is 4. The molecule has 0 aromatic carbocycles. The van der Waals surface area contributed by atoms with E-state index in [4.69, 9.17) is 29.0 Å². The molecule has 0 amide bonds. The quantitative estimate of drug-likeness (QED) is 0.672. The van der Waals surface area contributed by atoms with Crippen LogP contribution in [-0.2, 0) is 20.9 Å². The zero-order valence-corrected chi connectivity index (χ0v) is 17.5. The van der Waals surface area contributed by atoms with Crippen molar-refractivity contribution < 1.29 is 29.0 Å². The largest absolute Gasteiger partial charge is 0.483 e. The fourth-order valence-electron chi connectivity index (χ4n) is 3.71. The van der Waals surface area contributed by atoms with Crippen LogP contribution in [0.5, 0.6) is 0 Å². The van der Waals surface area contributed by atoms with Crippen LogP contribution >= 0.6 is 0 Å². The molecule has 0 bridgehead atoms. The molecule has 1 atom stereocenters. The molecule has 2 saturated heterocycles. The van der Waals surface area contributed by atoms with Crippen LogP contribution in [0.4, 0.5) is 0 Å². The van der Waals surface area contributed by atoms with Crippen LogP contribution in [0.25, 0.3) is 11.6 Å². The standard InChI is InChI=1S/C19H26N4O2.2CH2O2/c1-2-7-22(6-1)14-17-15-23(8-4-10-24-17)13-16-11-20-19(21-12-16)18-5-3-9-25-18;2*2-1-3/h3,5,9,11-12,17H,1-2,4,6-8,10,13-15H2;2*1H,(H,2,3). The van der Waals surface area contributed by atoms with Crippen molar-refractivity contribution in [3.8, 4) is 11.6 Å². The molecule has 2 aliphatic rings. The monoisotopic (exact) mass is 434 g/mol. The smallest absolute Gasteiger partial charge is 0.290 e. The van der Waals surface area contributed by atoms with Crippen LogP contribution in [0.3, 0.4) is 0 Å². The second-order valence-electron chi connectivity index (χ2n) is 7.19. The van der Waals surface area contributed by atoms with Crippen LogP contribution in [0.15, 0.2) is 35.2 Å². The van der Waals surface area contributed by atoms with Gasteiger partial charge in [0.15, 0.2) is 11.6 Å². The Bertz CT molecular complexity index is 729. The number of rotatable bonds is 5. The topological polar surface area (TPSA) is 129 Å². The summed E-state index contributed by atoms with van der Waals surface area (Å²) in [6, 6.07) is 3.73. The zero-order valence-electron chi connectivity index (χ0n) is 17.5. The molecule has 2 aromatic heterocycles. The van der Waals surface area contributed by atoms with Crippen molar-refractivity contribution in [1.29, 1.82) is 0 Å². The summed E-state index contributed by atoms with van der Waals surface area (Å²) < 4.78 is 11.4. The lowest BCUT2D eigenvalue weighted by Gasteiger charge is -2.26. The van der Waals surface area contributed by atoms with Crippen molar-refractivity contribution in [2.75, 3.05) is 39.3 Å². The van der Waals surface area contributed by atoms with Crippen LogP contribution in [0.1, 0.15) is 24.8 Å². The predicted molar refractivity (Wildman–Crippen MR) is 112 cm³/mol. The van der Waals surface area contributed by atoms with Gasteiger partial charge in [0.2, 0.25) is 0 Å². The van der Waals surface area contributed by atoms with Crippen LogP contribution < -0.4 is 0 Å².